The number of rotatable bonds is 50. The van der Waals surface area contributed by atoms with E-state index >= 15 is 0 Å². The smallest absolute Gasteiger partial charge is 0.387 e. The van der Waals surface area contributed by atoms with Crippen LogP contribution >= 0.6 is 7.82 Å². The number of hydrogen-bond acceptors (Lipinski definition) is 5. The number of aliphatic hydroxyl groups excluding tert-OH is 1. The number of amides is 1. The van der Waals surface area contributed by atoms with Crippen LogP contribution in [0.15, 0.2) is 85.1 Å². The molecule has 3 N–H and O–H groups in total. The molecule has 394 valence electrons. The lowest BCUT2D eigenvalue weighted by Crippen LogP contribution is -2.45. The van der Waals surface area contributed by atoms with E-state index in [1.807, 2.05) is 39.4 Å². The fourth-order valence-corrected chi connectivity index (χ4v) is 8.51. The SMILES string of the molecule is CC/C=C\C/C=C\C/C=C\C/C=C\C/C=C\C/C=C\CCC(=O)NC(COP(=O)(O)OCC[N+](C)(C)C)C(O)/C=C/CCCCCCCCCCCCCCCCCCCCCCCCCCC. The number of carbonyl (C=O) groups is 1. The van der Waals surface area contributed by atoms with Gasteiger partial charge in [0.05, 0.1) is 39.9 Å². The van der Waals surface area contributed by atoms with Crippen LogP contribution in [0.25, 0.3) is 0 Å². The quantitative estimate of drug-likeness (QED) is 0.0243. The van der Waals surface area contributed by atoms with Gasteiger partial charge in [0.2, 0.25) is 5.91 Å². The van der Waals surface area contributed by atoms with Gasteiger partial charge in [0, 0.05) is 6.42 Å². The summed E-state index contributed by atoms with van der Waals surface area (Å²) in [4.78, 5) is 23.2. The van der Waals surface area contributed by atoms with Crippen LogP contribution in [-0.2, 0) is 18.4 Å². The second-order valence-corrected chi connectivity index (χ2v) is 21.4. The van der Waals surface area contributed by atoms with Crippen LogP contribution in [0.2, 0.25) is 0 Å². The van der Waals surface area contributed by atoms with Crippen LogP contribution in [0.1, 0.15) is 232 Å². The van der Waals surface area contributed by atoms with Gasteiger partial charge in [-0.1, -0.05) is 253 Å². The van der Waals surface area contributed by atoms with Gasteiger partial charge in [-0.25, -0.2) is 4.57 Å². The van der Waals surface area contributed by atoms with Crippen molar-refractivity contribution in [3.05, 3.63) is 85.1 Å². The number of quaternary nitrogens is 1. The molecule has 0 aliphatic rings. The van der Waals surface area contributed by atoms with E-state index in [1.165, 1.54) is 148 Å². The number of nitrogens with one attached hydrogen (secondary N) is 1. The highest BCUT2D eigenvalue weighted by molar-refractivity contribution is 7.47. The van der Waals surface area contributed by atoms with Gasteiger partial charge in [0.1, 0.15) is 13.2 Å². The Hall–Kier alpha value is -2.32. The molecule has 3 atom stereocenters. The summed E-state index contributed by atoms with van der Waals surface area (Å²) in [5, 5.41) is 13.9. The summed E-state index contributed by atoms with van der Waals surface area (Å²) in [5.41, 5.74) is 0. The zero-order valence-corrected chi connectivity index (χ0v) is 45.7. The van der Waals surface area contributed by atoms with Crippen molar-refractivity contribution in [3.63, 3.8) is 0 Å². The maximum atomic E-state index is 12.9. The molecule has 0 radical (unpaired) electrons. The number of carbonyl (C=O) groups excluding carboxylic acids is 1. The molecule has 0 aliphatic heterocycles. The predicted octanol–water partition coefficient (Wildman–Crippen LogP) is 16.9. The summed E-state index contributed by atoms with van der Waals surface area (Å²) >= 11 is 0. The first-order valence-electron chi connectivity index (χ1n) is 28.0. The lowest BCUT2D eigenvalue weighted by atomic mass is 10.0. The molecule has 0 aromatic rings. The maximum absolute atomic E-state index is 12.9. The molecular formula is C59H108N2O6P+. The monoisotopic (exact) mass is 972 g/mol. The zero-order valence-electron chi connectivity index (χ0n) is 44.8. The van der Waals surface area contributed by atoms with E-state index in [9.17, 15) is 19.4 Å². The van der Waals surface area contributed by atoms with Gasteiger partial charge < -0.3 is 19.8 Å². The van der Waals surface area contributed by atoms with Gasteiger partial charge in [-0.15, -0.1) is 0 Å². The second-order valence-electron chi connectivity index (χ2n) is 19.9. The average Bonchev–Trinajstić information content (AvgIpc) is 3.30. The van der Waals surface area contributed by atoms with Gasteiger partial charge in [-0.3, -0.25) is 13.8 Å². The second kappa shape index (κ2) is 49.7. The number of hydrogen-bond donors (Lipinski definition) is 3. The molecule has 1 amide bonds. The van der Waals surface area contributed by atoms with Crippen molar-refractivity contribution in [2.75, 3.05) is 40.9 Å². The minimum Gasteiger partial charge on any atom is -0.387 e. The third kappa shape index (κ3) is 51.5. The van der Waals surface area contributed by atoms with Crippen LogP contribution < -0.4 is 5.32 Å². The Labute approximate surface area is 420 Å². The van der Waals surface area contributed by atoms with E-state index in [0.29, 0.717) is 17.4 Å². The number of allylic oxidation sites excluding steroid dienone is 13. The minimum atomic E-state index is -4.37. The zero-order chi connectivity index (χ0) is 49.9. The van der Waals surface area contributed by atoms with Gasteiger partial charge >= 0.3 is 7.82 Å². The van der Waals surface area contributed by atoms with Gasteiger partial charge in [0.15, 0.2) is 0 Å². The molecule has 0 aliphatic carbocycles. The number of likely N-dealkylation sites (N-methyl/N-ethyl adjacent to an activating group) is 1. The fourth-order valence-electron chi connectivity index (χ4n) is 7.77. The molecule has 8 nitrogen and oxygen atoms in total. The molecule has 0 bridgehead atoms. The number of phosphoric acid groups is 1. The molecule has 0 heterocycles. The maximum Gasteiger partial charge on any atom is 0.472 e. The van der Waals surface area contributed by atoms with E-state index in [2.05, 4.69) is 79.9 Å². The van der Waals surface area contributed by atoms with Crippen molar-refractivity contribution in [2.24, 2.45) is 0 Å². The van der Waals surface area contributed by atoms with Crippen molar-refractivity contribution in [2.45, 2.75) is 244 Å². The topological polar surface area (TPSA) is 105 Å². The first-order valence-corrected chi connectivity index (χ1v) is 29.5. The number of phosphoric ester groups is 1. The predicted molar refractivity (Wildman–Crippen MR) is 295 cm³/mol. The van der Waals surface area contributed by atoms with Crippen LogP contribution in [0.5, 0.6) is 0 Å². The first-order chi connectivity index (χ1) is 33.0. The lowest BCUT2D eigenvalue weighted by Gasteiger charge is -2.25. The highest BCUT2D eigenvalue weighted by atomic mass is 31.2. The van der Waals surface area contributed by atoms with Crippen molar-refractivity contribution in [1.82, 2.24) is 5.32 Å². The van der Waals surface area contributed by atoms with Gasteiger partial charge in [-0.05, 0) is 57.8 Å². The Bertz CT molecular complexity index is 1380. The van der Waals surface area contributed by atoms with Crippen LogP contribution in [0.3, 0.4) is 0 Å². The molecule has 68 heavy (non-hydrogen) atoms. The van der Waals surface area contributed by atoms with E-state index in [-0.39, 0.29) is 25.5 Å². The minimum absolute atomic E-state index is 0.0440. The molecule has 0 saturated heterocycles. The van der Waals surface area contributed by atoms with Crippen LogP contribution in [0.4, 0.5) is 0 Å². The largest absolute Gasteiger partial charge is 0.472 e. The Kier molecular flexibility index (Phi) is 48.0. The van der Waals surface area contributed by atoms with Gasteiger partial charge in [0.25, 0.3) is 0 Å². The van der Waals surface area contributed by atoms with Crippen LogP contribution in [0, 0.1) is 0 Å². The van der Waals surface area contributed by atoms with E-state index in [1.54, 1.807) is 6.08 Å². The Morgan fingerprint density at radius 3 is 1.26 bits per heavy atom. The van der Waals surface area contributed by atoms with Gasteiger partial charge in [-0.2, -0.15) is 0 Å². The summed E-state index contributed by atoms with van der Waals surface area (Å²) < 4.78 is 23.6. The van der Waals surface area contributed by atoms with Crippen LogP contribution in [-0.4, -0.2) is 73.4 Å². The van der Waals surface area contributed by atoms with E-state index in [4.69, 9.17) is 9.05 Å². The normalized spacial score (nSPS) is 14.6. The summed E-state index contributed by atoms with van der Waals surface area (Å²) in [5.74, 6) is -0.260. The number of nitrogens with zero attached hydrogens (tertiary/aromatic N) is 1. The molecule has 9 heteroatoms. The summed E-state index contributed by atoms with van der Waals surface area (Å²) in [6, 6.07) is -0.893. The Balaban J connectivity index is 4.31. The van der Waals surface area contributed by atoms with Crippen molar-refractivity contribution in [1.29, 1.82) is 0 Å². The highest BCUT2D eigenvalue weighted by Crippen LogP contribution is 2.43. The number of unbranched alkanes of at least 4 members (excludes halogenated alkanes) is 25. The molecular weight excluding hydrogens is 864 g/mol. The molecule has 0 saturated carbocycles. The van der Waals surface area contributed by atoms with Crippen molar-refractivity contribution >= 4 is 13.7 Å². The Morgan fingerprint density at radius 2 is 0.882 bits per heavy atom. The van der Waals surface area contributed by atoms with Crippen molar-refractivity contribution in [3.8, 4) is 0 Å². The molecule has 0 aromatic carbocycles. The molecule has 0 rings (SSSR count). The van der Waals surface area contributed by atoms with E-state index in [0.717, 1.165) is 57.8 Å². The molecule has 3 unspecified atom stereocenters. The average molecular weight is 972 g/mol. The highest BCUT2D eigenvalue weighted by Gasteiger charge is 2.27. The summed E-state index contributed by atoms with van der Waals surface area (Å²) in [7, 11) is 1.52. The lowest BCUT2D eigenvalue weighted by molar-refractivity contribution is -0.870. The third-order valence-electron chi connectivity index (χ3n) is 12.1. The van der Waals surface area contributed by atoms with Crippen molar-refractivity contribution < 1.29 is 32.9 Å². The fraction of sp³-hybridized carbons (Fsp3) is 0.746. The molecule has 0 spiro atoms. The third-order valence-corrected chi connectivity index (χ3v) is 13.1. The number of aliphatic hydroxyl groups is 1. The Morgan fingerprint density at radius 1 is 0.515 bits per heavy atom. The summed E-state index contributed by atoms with van der Waals surface area (Å²) in [6.45, 7) is 4.65. The van der Waals surface area contributed by atoms with E-state index < -0.39 is 20.0 Å². The molecule has 0 fully saturated rings. The first kappa shape index (κ1) is 65.7. The summed E-state index contributed by atoms with van der Waals surface area (Å²) in [6.07, 6.45) is 69.9. The molecule has 0 aromatic heterocycles. The standard InChI is InChI=1S/C59H107N2O6P/c1-6-8-10-12-14-16-18-20-22-24-26-27-28-29-30-31-32-33-35-36-38-40-42-44-46-48-50-52-58(62)57(56-67-68(64,65)66-55-54-61(3,4)5)60-59(63)53-51-49-47-45-43-41-39-37-34-25-23-21-19-17-15-13-11-9-7-2/h9,11,15,17,21,23,34,37,41,43,47,49-50,52,57-58,62H,6-8,10,12-14,16,18-20,22,24-33,35-36,38-40,42,44-46,48,51,53-56H2,1-5H3,(H-,60,63,64,65)/p+1/b11-9-,17-15-,23-21-,37-34-,43-41-,49-47-,52-50+.